The maximum Gasteiger partial charge on any atom is 0.343 e. The lowest BCUT2D eigenvalue weighted by molar-refractivity contribution is -0.117. The van der Waals surface area contributed by atoms with E-state index in [-0.39, 0.29) is 11.5 Å². The van der Waals surface area contributed by atoms with Crippen LogP contribution in [-0.2, 0) is 16.0 Å². The molecule has 3 heteroatoms. The van der Waals surface area contributed by atoms with Crippen LogP contribution in [0.25, 0.3) is 0 Å². The van der Waals surface area contributed by atoms with Gasteiger partial charge in [-0.1, -0.05) is 55.5 Å². The Morgan fingerprint density at radius 2 is 1.57 bits per heavy atom. The van der Waals surface area contributed by atoms with Gasteiger partial charge in [0, 0.05) is 6.42 Å². The number of carbonyl (C=O) groups excluding carboxylic acids is 2. The third-order valence-electron chi connectivity index (χ3n) is 3.41. The van der Waals surface area contributed by atoms with E-state index in [1.165, 1.54) is 5.56 Å². The van der Waals surface area contributed by atoms with Crippen LogP contribution in [0.2, 0.25) is 0 Å². The zero-order chi connectivity index (χ0) is 16.5. The third kappa shape index (κ3) is 5.22. The second kappa shape index (κ2) is 8.69. The molecule has 0 N–H and O–H groups in total. The molecule has 0 saturated carbocycles. The average Bonchev–Trinajstić information content (AvgIpc) is 2.61. The molecule has 23 heavy (non-hydrogen) atoms. The monoisotopic (exact) mass is 308 g/mol. The number of ether oxygens (including phenoxy) is 1. The number of carbonyl (C=O) groups is 2. The van der Waals surface area contributed by atoms with Crippen LogP contribution in [0.1, 0.15) is 35.7 Å². The molecule has 0 fully saturated rings. The molecule has 2 aromatic rings. The molecule has 0 unspecified atom stereocenters. The molecule has 0 atom stereocenters. The predicted molar refractivity (Wildman–Crippen MR) is 90.0 cm³/mol. The molecule has 3 nitrogen and oxygen atoms in total. The van der Waals surface area contributed by atoms with Gasteiger partial charge in [0.1, 0.15) is 0 Å². The highest BCUT2D eigenvalue weighted by Crippen LogP contribution is 2.11. The quantitative estimate of drug-likeness (QED) is 0.434. The van der Waals surface area contributed by atoms with Crippen molar-refractivity contribution in [3.63, 3.8) is 0 Å². The number of allylic oxidation sites excluding steroid dienone is 2. The van der Waals surface area contributed by atoms with Gasteiger partial charge in [-0.25, -0.2) is 4.79 Å². The first-order valence-corrected chi connectivity index (χ1v) is 7.75. The van der Waals surface area contributed by atoms with Gasteiger partial charge in [-0.2, -0.15) is 0 Å². The molecule has 2 aromatic carbocycles. The maximum atomic E-state index is 12.1. The Labute approximate surface area is 136 Å². The van der Waals surface area contributed by atoms with Crippen LogP contribution in [0.3, 0.4) is 0 Å². The van der Waals surface area contributed by atoms with Crippen molar-refractivity contribution in [3.05, 3.63) is 83.6 Å². The van der Waals surface area contributed by atoms with E-state index in [1.54, 1.807) is 37.3 Å². The number of hydrogen-bond acceptors (Lipinski definition) is 3. The lowest BCUT2D eigenvalue weighted by Gasteiger charge is -2.07. The Morgan fingerprint density at radius 3 is 2.17 bits per heavy atom. The molecule has 0 saturated heterocycles. The number of benzene rings is 2. The first kappa shape index (κ1) is 16.7. The molecule has 0 spiro atoms. The molecule has 0 amide bonds. The summed E-state index contributed by atoms with van der Waals surface area (Å²) in [6.45, 7) is 1.75. The summed E-state index contributed by atoms with van der Waals surface area (Å²) in [4.78, 5) is 24.1. The lowest BCUT2D eigenvalue weighted by atomic mass is 10.1. The number of hydrogen-bond donors (Lipinski definition) is 0. The molecule has 0 aliphatic rings. The molecule has 2 rings (SSSR count). The van der Waals surface area contributed by atoms with Gasteiger partial charge in [-0.3, -0.25) is 4.79 Å². The normalized spacial score (nSPS) is 11.1. The summed E-state index contributed by atoms with van der Waals surface area (Å²) in [6, 6.07) is 18.7. The SMILES string of the molecule is CCC(=O)/C(=C\CCc1ccccc1)OC(=O)c1ccccc1. The van der Waals surface area contributed by atoms with Crippen molar-refractivity contribution in [2.45, 2.75) is 26.2 Å². The summed E-state index contributed by atoms with van der Waals surface area (Å²) in [5, 5.41) is 0. The van der Waals surface area contributed by atoms with E-state index in [9.17, 15) is 9.59 Å². The zero-order valence-electron chi connectivity index (χ0n) is 13.2. The predicted octanol–water partition coefficient (Wildman–Crippen LogP) is 4.34. The van der Waals surface area contributed by atoms with E-state index in [2.05, 4.69) is 0 Å². The van der Waals surface area contributed by atoms with Gasteiger partial charge >= 0.3 is 5.97 Å². The minimum Gasteiger partial charge on any atom is -0.419 e. The Bertz CT molecular complexity index is 673. The molecule has 0 radical (unpaired) electrons. The van der Waals surface area contributed by atoms with Crippen molar-refractivity contribution < 1.29 is 14.3 Å². The topological polar surface area (TPSA) is 43.4 Å². The average molecular weight is 308 g/mol. The van der Waals surface area contributed by atoms with E-state index in [1.807, 2.05) is 36.4 Å². The second-order valence-corrected chi connectivity index (χ2v) is 5.12. The van der Waals surface area contributed by atoms with Gasteiger partial charge in [0.15, 0.2) is 11.5 Å². The fraction of sp³-hybridized carbons (Fsp3) is 0.200. The third-order valence-corrected chi connectivity index (χ3v) is 3.41. The van der Waals surface area contributed by atoms with E-state index >= 15 is 0 Å². The zero-order valence-corrected chi connectivity index (χ0v) is 13.2. The van der Waals surface area contributed by atoms with Crippen LogP contribution in [0.15, 0.2) is 72.5 Å². The molecule has 0 aliphatic carbocycles. The van der Waals surface area contributed by atoms with Crippen LogP contribution in [0.4, 0.5) is 0 Å². The van der Waals surface area contributed by atoms with Crippen molar-refractivity contribution >= 4 is 11.8 Å². The van der Waals surface area contributed by atoms with Crippen LogP contribution in [0.5, 0.6) is 0 Å². The van der Waals surface area contributed by atoms with Crippen LogP contribution >= 0.6 is 0 Å². The Hall–Kier alpha value is -2.68. The fourth-order valence-corrected chi connectivity index (χ4v) is 2.13. The van der Waals surface area contributed by atoms with Crippen LogP contribution < -0.4 is 0 Å². The minimum atomic E-state index is -0.502. The van der Waals surface area contributed by atoms with E-state index in [0.717, 1.165) is 6.42 Å². The molecule has 0 aromatic heterocycles. The maximum absolute atomic E-state index is 12.1. The highest BCUT2D eigenvalue weighted by molar-refractivity contribution is 5.98. The molecule has 0 bridgehead atoms. The highest BCUT2D eigenvalue weighted by Gasteiger charge is 2.15. The molecule has 0 heterocycles. The summed E-state index contributed by atoms with van der Waals surface area (Å²) in [6.07, 6.45) is 3.45. The number of aryl methyl sites for hydroxylation is 1. The largest absolute Gasteiger partial charge is 0.419 e. The number of esters is 1. The summed E-state index contributed by atoms with van der Waals surface area (Å²) in [5.74, 6) is -0.530. The first-order chi connectivity index (χ1) is 11.2. The van der Waals surface area contributed by atoms with E-state index in [0.29, 0.717) is 18.4 Å². The smallest absolute Gasteiger partial charge is 0.343 e. The van der Waals surface area contributed by atoms with Crippen molar-refractivity contribution in [1.29, 1.82) is 0 Å². The highest BCUT2D eigenvalue weighted by atomic mass is 16.5. The summed E-state index contributed by atoms with van der Waals surface area (Å²) >= 11 is 0. The Kier molecular flexibility index (Phi) is 6.30. The van der Waals surface area contributed by atoms with Gasteiger partial charge in [-0.05, 0) is 36.6 Å². The first-order valence-electron chi connectivity index (χ1n) is 7.75. The summed E-state index contributed by atoms with van der Waals surface area (Å²) < 4.78 is 5.30. The molecular formula is C20H20O3. The lowest BCUT2D eigenvalue weighted by Crippen LogP contribution is -2.11. The van der Waals surface area contributed by atoms with Crippen molar-refractivity contribution in [1.82, 2.24) is 0 Å². The molecular weight excluding hydrogens is 288 g/mol. The Balaban J connectivity index is 2.03. The van der Waals surface area contributed by atoms with Crippen molar-refractivity contribution in [3.8, 4) is 0 Å². The summed E-state index contributed by atoms with van der Waals surface area (Å²) in [5.41, 5.74) is 1.62. The minimum absolute atomic E-state index is 0.136. The van der Waals surface area contributed by atoms with E-state index in [4.69, 9.17) is 4.74 Å². The Morgan fingerprint density at radius 1 is 0.957 bits per heavy atom. The van der Waals surface area contributed by atoms with Crippen LogP contribution in [-0.4, -0.2) is 11.8 Å². The molecule has 0 aliphatic heterocycles. The standard InChI is InChI=1S/C20H20O3/c1-2-18(21)19(15-9-12-16-10-5-3-6-11-16)23-20(22)17-13-7-4-8-14-17/h3-8,10-11,13-15H,2,9,12H2,1H3/b19-15+. The fourth-order valence-electron chi connectivity index (χ4n) is 2.13. The molecule has 118 valence electrons. The van der Waals surface area contributed by atoms with Gasteiger partial charge in [0.05, 0.1) is 5.56 Å². The van der Waals surface area contributed by atoms with Gasteiger partial charge in [0.25, 0.3) is 0 Å². The van der Waals surface area contributed by atoms with Gasteiger partial charge in [0.2, 0.25) is 0 Å². The second-order valence-electron chi connectivity index (χ2n) is 5.12. The van der Waals surface area contributed by atoms with E-state index < -0.39 is 5.97 Å². The summed E-state index contributed by atoms with van der Waals surface area (Å²) in [7, 11) is 0. The van der Waals surface area contributed by atoms with Gasteiger partial charge < -0.3 is 4.74 Å². The van der Waals surface area contributed by atoms with Crippen molar-refractivity contribution in [2.24, 2.45) is 0 Å². The number of Topliss-reactive ketones (excluding diaryl/α,β-unsaturated/α-hetero) is 1. The van der Waals surface area contributed by atoms with Gasteiger partial charge in [-0.15, -0.1) is 0 Å². The van der Waals surface area contributed by atoms with Crippen LogP contribution in [0, 0.1) is 0 Å². The van der Waals surface area contributed by atoms with Crippen molar-refractivity contribution in [2.75, 3.05) is 0 Å². The number of rotatable bonds is 7. The number of ketones is 1.